The zero-order valence-electron chi connectivity index (χ0n) is 15.0. The van der Waals surface area contributed by atoms with Gasteiger partial charge in [0.1, 0.15) is 5.60 Å². The van der Waals surface area contributed by atoms with E-state index in [0.717, 1.165) is 0 Å². The summed E-state index contributed by atoms with van der Waals surface area (Å²) < 4.78 is 12.1. The standard InChI is InChI=1S/C16H26N4O4/c1-6-23-14(21)13-11(10-19(5)18-13)12-9-17-7-8-20(12)15(22)24-16(2,3)4/h10,12,17H,6-9H2,1-5H3. The molecule has 2 heterocycles. The highest BCUT2D eigenvalue weighted by molar-refractivity contribution is 5.89. The molecule has 1 atom stereocenters. The molecular weight excluding hydrogens is 312 g/mol. The van der Waals surface area contributed by atoms with Gasteiger partial charge in [0.15, 0.2) is 5.69 Å². The number of amides is 1. The predicted molar refractivity (Wildman–Crippen MR) is 87.7 cm³/mol. The number of ether oxygens (including phenoxy) is 2. The van der Waals surface area contributed by atoms with Gasteiger partial charge in [0, 0.05) is 38.4 Å². The van der Waals surface area contributed by atoms with Crippen molar-refractivity contribution in [3.05, 3.63) is 17.5 Å². The first-order valence-electron chi connectivity index (χ1n) is 8.14. The first-order valence-corrected chi connectivity index (χ1v) is 8.14. The Labute approximate surface area is 142 Å². The number of hydrogen-bond acceptors (Lipinski definition) is 6. The van der Waals surface area contributed by atoms with Crippen molar-refractivity contribution in [2.75, 3.05) is 26.2 Å². The van der Waals surface area contributed by atoms with E-state index in [1.165, 1.54) is 0 Å². The van der Waals surface area contributed by atoms with Crippen LogP contribution in [0.15, 0.2) is 6.20 Å². The molecule has 1 amide bonds. The maximum atomic E-state index is 12.5. The molecule has 1 fully saturated rings. The van der Waals surface area contributed by atoms with Gasteiger partial charge in [0.2, 0.25) is 0 Å². The Morgan fingerprint density at radius 1 is 1.42 bits per heavy atom. The molecule has 1 unspecified atom stereocenters. The minimum atomic E-state index is -0.578. The maximum Gasteiger partial charge on any atom is 0.410 e. The van der Waals surface area contributed by atoms with Crippen molar-refractivity contribution in [2.24, 2.45) is 7.05 Å². The summed E-state index contributed by atoms with van der Waals surface area (Å²) in [5.41, 5.74) is 0.321. The summed E-state index contributed by atoms with van der Waals surface area (Å²) in [5, 5.41) is 7.46. The quantitative estimate of drug-likeness (QED) is 0.840. The molecule has 0 aromatic carbocycles. The molecule has 0 saturated carbocycles. The van der Waals surface area contributed by atoms with Crippen LogP contribution >= 0.6 is 0 Å². The molecule has 8 nitrogen and oxygen atoms in total. The Hall–Kier alpha value is -2.09. The fourth-order valence-corrected chi connectivity index (χ4v) is 2.63. The fourth-order valence-electron chi connectivity index (χ4n) is 2.63. The SMILES string of the molecule is CCOC(=O)c1nn(C)cc1C1CNCCN1C(=O)OC(C)(C)C. The van der Waals surface area contributed by atoms with Crippen LogP contribution in [0.5, 0.6) is 0 Å². The van der Waals surface area contributed by atoms with E-state index in [9.17, 15) is 9.59 Å². The molecule has 1 aromatic heterocycles. The van der Waals surface area contributed by atoms with Crippen molar-refractivity contribution in [3.63, 3.8) is 0 Å². The van der Waals surface area contributed by atoms with E-state index in [1.807, 2.05) is 20.8 Å². The Bertz CT molecular complexity index is 606. The highest BCUT2D eigenvalue weighted by Gasteiger charge is 2.35. The lowest BCUT2D eigenvalue weighted by molar-refractivity contribution is 0.0114. The lowest BCUT2D eigenvalue weighted by Gasteiger charge is -2.37. The van der Waals surface area contributed by atoms with E-state index in [4.69, 9.17) is 9.47 Å². The number of aryl methyl sites for hydroxylation is 1. The van der Waals surface area contributed by atoms with Crippen molar-refractivity contribution < 1.29 is 19.1 Å². The van der Waals surface area contributed by atoms with Crippen LogP contribution in [-0.2, 0) is 16.5 Å². The molecule has 2 rings (SSSR count). The smallest absolute Gasteiger partial charge is 0.410 e. The third-order valence-electron chi connectivity index (χ3n) is 3.56. The van der Waals surface area contributed by atoms with Crippen LogP contribution in [0.1, 0.15) is 49.8 Å². The third-order valence-corrected chi connectivity index (χ3v) is 3.56. The van der Waals surface area contributed by atoms with Gasteiger partial charge in [-0.3, -0.25) is 9.58 Å². The first kappa shape index (κ1) is 18.3. The highest BCUT2D eigenvalue weighted by atomic mass is 16.6. The molecule has 1 aromatic rings. The van der Waals surface area contributed by atoms with E-state index in [2.05, 4.69) is 10.4 Å². The van der Waals surface area contributed by atoms with Gasteiger partial charge in [0.25, 0.3) is 0 Å². The Morgan fingerprint density at radius 2 is 2.12 bits per heavy atom. The summed E-state index contributed by atoms with van der Waals surface area (Å²) in [6, 6.07) is -0.332. The van der Waals surface area contributed by atoms with Gasteiger partial charge in [-0.15, -0.1) is 0 Å². The Morgan fingerprint density at radius 3 is 2.75 bits per heavy atom. The molecule has 1 aliphatic rings. The summed E-state index contributed by atoms with van der Waals surface area (Å²) in [7, 11) is 1.74. The van der Waals surface area contributed by atoms with Crippen LogP contribution in [-0.4, -0.2) is 58.6 Å². The fraction of sp³-hybridized carbons (Fsp3) is 0.688. The summed E-state index contributed by atoms with van der Waals surface area (Å²) in [4.78, 5) is 26.4. The van der Waals surface area contributed by atoms with Gasteiger partial charge in [-0.1, -0.05) is 0 Å². The van der Waals surface area contributed by atoms with Gasteiger partial charge in [0.05, 0.1) is 12.6 Å². The lowest BCUT2D eigenvalue weighted by Crippen LogP contribution is -2.50. The molecule has 0 spiro atoms. The zero-order valence-corrected chi connectivity index (χ0v) is 15.0. The van der Waals surface area contributed by atoms with Gasteiger partial charge in [-0.25, -0.2) is 9.59 Å². The van der Waals surface area contributed by atoms with Crippen LogP contribution in [0.4, 0.5) is 4.79 Å². The van der Waals surface area contributed by atoms with Gasteiger partial charge in [-0.05, 0) is 27.7 Å². The average molecular weight is 338 g/mol. The molecule has 0 bridgehead atoms. The van der Waals surface area contributed by atoms with Crippen molar-refractivity contribution >= 4 is 12.1 Å². The number of piperazine rings is 1. The summed E-state index contributed by atoms with van der Waals surface area (Å²) in [6.45, 7) is 9.20. The second-order valence-electron chi connectivity index (χ2n) is 6.72. The molecule has 0 radical (unpaired) electrons. The van der Waals surface area contributed by atoms with Gasteiger partial charge < -0.3 is 14.8 Å². The summed E-state index contributed by atoms with van der Waals surface area (Å²) in [6.07, 6.45) is 1.36. The zero-order chi connectivity index (χ0) is 17.9. The maximum absolute atomic E-state index is 12.5. The number of rotatable bonds is 3. The van der Waals surface area contributed by atoms with E-state index < -0.39 is 17.7 Å². The molecule has 1 saturated heterocycles. The largest absolute Gasteiger partial charge is 0.461 e. The number of carbonyl (C=O) groups is 2. The molecule has 0 aliphatic carbocycles. The van der Waals surface area contributed by atoms with Crippen LogP contribution in [0.25, 0.3) is 0 Å². The molecule has 24 heavy (non-hydrogen) atoms. The first-order chi connectivity index (χ1) is 11.2. The van der Waals surface area contributed by atoms with Crippen molar-refractivity contribution in [1.82, 2.24) is 20.0 Å². The number of nitrogens with one attached hydrogen (secondary N) is 1. The van der Waals surface area contributed by atoms with E-state index in [1.54, 1.807) is 29.7 Å². The second kappa shape index (κ2) is 7.21. The topological polar surface area (TPSA) is 85.7 Å². The predicted octanol–water partition coefficient (Wildman–Crippen LogP) is 1.48. The number of esters is 1. The van der Waals surface area contributed by atoms with E-state index in [0.29, 0.717) is 25.2 Å². The third kappa shape index (κ3) is 4.25. The number of nitrogens with zero attached hydrogens (tertiary/aromatic N) is 3. The molecule has 1 aliphatic heterocycles. The highest BCUT2D eigenvalue weighted by Crippen LogP contribution is 2.27. The minimum absolute atomic E-state index is 0.238. The molecular formula is C16H26N4O4. The minimum Gasteiger partial charge on any atom is -0.461 e. The normalized spacial score (nSPS) is 18.4. The second-order valence-corrected chi connectivity index (χ2v) is 6.72. The van der Waals surface area contributed by atoms with Crippen molar-refractivity contribution in [3.8, 4) is 0 Å². The van der Waals surface area contributed by atoms with Gasteiger partial charge >= 0.3 is 12.1 Å². The van der Waals surface area contributed by atoms with Crippen molar-refractivity contribution in [1.29, 1.82) is 0 Å². The summed E-state index contributed by atoms with van der Waals surface area (Å²) in [5.74, 6) is -0.484. The Balaban J connectivity index is 2.31. The summed E-state index contributed by atoms with van der Waals surface area (Å²) >= 11 is 0. The van der Waals surface area contributed by atoms with Crippen LogP contribution in [0.2, 0.25) is 0 Å². The van der Waals surface area contributed by atoms with Gasteiger partial charge in [-0.2, -0.15) is 5.10 Å². The van der Waals surface area contributed by atoms with Crippen molar-refractivity contribution in [2.45, 2.75) is 39.3 Å². The van der Waals surface area contributed by atoms with Crippen LogP contribution in [0, 0.1) is 0 Å². The van der Waals surface area contributed by atoms with Crippen LogP contribution in [0.3, 0.4) is 0 Å². The molecule has 134 valence electrons. The monoisotopic (exact) mass is 338 g/mol. The molecule has 8 heteroatoms. The number of aromatic nitrogens is 2. The average Bonchev–Trinajstić information content (AvgIpc) is 2.88. The lowest BCUT2D eigenvalue weighted by atomic mass is 10.0. The van der Waals surface area contributed by atoms with E-state index in [-0.39, 0.29) is 18.3 Å². The van der Waals surface area contributed by atoms with Crippen LogP contribution < -0.4 is 5.32 Å². The number of hydrogen-bond donors (Lipinski definition) is 1. The molecule has 1 N–H and O–H groups in total. The van der Waals surface area contributed by atoms with E-state index >= 15 is 0 Å². The Kier molecular flexibility index (Phi) is 5.48. The number of carbonyl (C=O) groups excluding carboxylic acids is 2.